The Morgan fingerprint density at radius 3 is 2.10 bits per heavy atom. The number of aromatic hydroxyl groups is 1. The molecule has 0 aliphatic rings. The largest absolute Gasteiger partial charge is 0.504 e. The normalized spacial score (nSPS) is 11.5. The van der Waals surface area contributed by atoms with Crippen LogP contribution in [-0.2, 0) is 16.5 Å². The molecule has 2 aromatic rings. The molecule has 166 valence electrons. The number of ether oxygens (including phenoxy) is 1. The molecule has 0 atom stereocenters. The number of unbranched alkanes of at least 4 members (excludes halogenated alkanes) is 9. The number of hydrogen-bond donors (Lipinski definition) is 2. The highest BCUT2D eigenvalue weighted by molar-refractivity contribution is 7.85. The fraction of sp³-hybridized carbons (Fsp3) is 0.500. The summed E-state index contributed by atoms with van der Waals surface area (Å²) in [6, 6.07) is 10.8. The molecule has 0 amide bonds. The van der Waals surface area contributed by atoms with Crippen molar-refractivity contribution in [1.29, 1.82) is 0 Å². The average Bonchev–Trinajstić information content (AvgIpc) is 2.71. The van der Waals surface area contributed by atoms with Crippen molar-refractivity contribution in [3.05, 3.63) is 48.0 Å². The highest BCUT2D eigenvalue weighted by Crippen LogP contribution is 2.32. The van der Waals surface area contributed by atoms with Crippen LogP contribution in [-0.4, -0.2) is 18.1 Å². The monoisotopic (exact) mass is 434 g/mol. The first-order valence-corrected chi connectivity index (χ1v) is 12.4. The standard InChI is InChI=1S/C24H34O5S/c1-2-3-4-5-6-7-8-9-10-11-13-20-16-17-23(25)24(18-20)29-21-14-12-15-22(19-21)30(26,27)28/h12,14-19,25H,2-11,13H2,1H3,(H,26,27,28). The molecule has 30 heavy (non-hydrogen) atoms. The lowest BCUT2D eigenvalue weighted by Crippen LogP contribution is -1.98. The van der Waals surface area contributed by atoms with Gasteiger partial charge in [-0.2, -0.15) is 8.42 Å². The van der Waals surface area contributed by atoms with Crippen LogP contribution in [0, 0.1) is 0 Å². The summed E-state index contributed by atoms with van der Waals surface area (Å²) in [4.78, 5) is -0.249. The maximum absolute atomic E-state index is 11.3. The number of hydrogen-bond acceptors (Lipinski definition) is 4. The van der Waals surface area contributed by atoms with Gasteiger partial charge in [-0.05, 0) is 42.7 Å². The van der Waals surface area contributed by atoms with Crippen molar-refractivity contribution in [2.24, 2.45) is 0 Å². The molecule has 2 rings (SSSR count). The molecule has 6 heteroatoms. The van der Waals surface area contributed by atoms with E-state index in [0.717, 1.165) is 18.4 Å². The smallest absolute Gasteiger partial charge is 0.294 e. The summed E-state index contributed by atoms with van der Waals surface area (Å²) in [5, 5.41) is 10.1. The van der Waals surface area contributed by atoms with Crippen molar-refractivity contribution in [1.82, 2.24) is 0 Å². The topological polar surface area (TPSA) is 83.8 Å². The summed E-state index contributed by atoms with van der Waals surface area (Å²) in [6.07, 6.45) is 13.7. The van der Waals surface area contributed by atoms with E-state index in [4.69, 9.17) is 9.29 Å². The summed E-state index contributed by atoms with van der Waals surface area (Å²) >= 11 is 0. The van der Waals surface area contributed by atoms with Gasteiger partial charge in [0.25, 0.3) is 10.1 Å². The van der Waals surface area contributed by atoms with Crippen molar-refractivity contribution < 1.29 is 22.8 Å². The van der Waals surface area contributed by atoms with E-state index in [-0.39, 0.29) is 22.1 Å². The third-order valence-electron chi connectivity index (χ3n) is 5.17. The van der Waals surface area contributed by atoms with Crippen LogP contribution in [0.2, 0.25) is 0 Å². The third kappa shape index (κ3) is 8.76. The van der Waals surface area contributed by atoms with Crippen LogP contribution in [0.25, 0.3) is 0 Å². The predicted molar refractivity (Wildman–Crippen MR) is 120 cm³/mol. The van der Waals surface area contributed by atoms with E-state index in [9.17, 15) is 13.5 Å². The Bertz CT molecular complexity index is 877. The van der Waals surface area contributed by atoms with Gasteiger partial charge in [-0.1, -0.05) is 76.8 Å². The molecule has 0 saturated heterocycles. The molecule has 0 aromatic heterocycles. The van der Waals surface area contributed by atoms with E-state index < -0.39 is 10.1 Å². The van der Waals surface area contributed by atoms with E-state index in [1.165, 1.54) is 76.0 Å². The molecule has 0 fully saturated rings. The van der Waals surface area contributed by atoms with Crippen LogP contribution in [0.1, 0.15) is 76.7 Å². The summed E-state index contributed by atoms with van der Waals surface area (Å²) < 4.78 is 37.4. The van der Waals surface area contributed by atoms with E-state index >= 15 is 0 Å². The second-order valence-corrected chi connectivity index (χ2v) is 9.21. The van der Waals surface area contributed by atoms with Crippen LogP contribution in [0.3, 0.4) is 0 Å². The van der Waals surface area contributed by atoms with Crippen LogP contribution in [0.5, 0.6) is 17.2 Å². The van der Waals surface area contributed by atoms with Gasteiger partial charge < -0.3 is 9.84 Å². The summed E-state index contributed by atoms with van der Waals surface area (Å²) in [7, 11) is -4.31. The molecule has 0 heterocycles. The van der Waals surface area contributed by atoms with Gasteiger partial charge in [0.2, 0.25) is 0 Å². The zero-order valence-corrected chi connectivity index (χ0v) is 18.7. The lowest BCUT2D eigenvalue weighted by molar-refractivity contribution is 0.409. The molecular weight excluding hydrogens is 400 g/mol. The van der Waals surface area contributed by atoms with Gasteiger partial charge >= 0.3 is 0 Å². The lowest BCUT2D eigenvalue weighted by Gasteiger charge is -2.10. The molecule has 0 radical (unpaired) electrons. The molecule has 0 aliphatic carbocycles. The van der Waals surface area contributed by atoms with Crippen molar-refractivity contribution >= 4 is 10.1 Å². The Labute approximate surface area is 180 Å². The third-order valence-corrected chi connectivity index (χ3v) is 6.02. The van der Waals surface area contributed by atoms with Crippen LogP contribution >= 0.6 is 0 Å². The van der Waals surface area contributed by atoms with Crippen LogP contribution in [0.4, 0.5) is 0 Å². The first-order valence-electron chi connectivity index (χ1n) is 11.0. The zero-order valence-electron chi connectivity index (χ0n) is 17.8. The first-order chi connectivity index (χ1) is 14.4. The molecule has 0 aliphatic heterocycles. The Hall–Kier alpha value is -2.05. The molecule has 0 spiro atoms. The zero-order chi connectivity index (χ0) is 21.8. The number of phenolic OH excluding ortho intramolecular Hbond substituents is 1. The summed E-state index contributed by atoms with van der Waals surface area (Å²) in [5.41, 5.74) is 1.06. The number of phenols is 1. The van der Waals surface area contributed by atoms with Gasteiger partial charge in [0, 0.05) is 6.07 Å². The molecular formula is C24H34O5S. The number of benzene rings is 2. The predicted octanol–water partition coefficient (Wildman–Crippen LogP) is 6.89. The van der Waals surface area contributed by atoms with E-state index in [0.29, 0.717) is 0 Å². The SMILES string of the molecule is CCCCCCCCCCCCc1ccc(O)c(Oc2cccc(S(=O)(=O)O)c2)c1. The Kier molecular flexibility index (Phi) is 10.2. The number of aryl methyl sites for hydroxylation is 1. The quantitative estimate of drug-likeness (QED) is 0.250. The Morgan fingerprint density at radius 2 is 1.47 bits per heavy atom. The molecule has 0 bridgehead atoms. The molecule has 0 saturated carbocycles. The molecule has 0 unspecified atom stereocenters. The summed E-state index contributed by atoms with van der Waals surface area (Å²) in [5.74, 6) is 0.489. The first kappa shape index (κ1) is 24.2. The maximum atomic E-state index is 11.3. The van der Waals surface area contributed by atoms with Gasteiger partial charge in [0.05, 0.1) is 4.90 Å². The molecule has 2 aromatic carbocycles. The highest BCUT2D eigenvalue weighted by atomic mass is 32.2. The second-order valence-electron chi connectivity index (χ2n) is 7.79. The van der Waals surface area contributed by atoms with E-state index in [2.05, 4.69) is 6.92 Å². The average molecular weight is 435 g/mol. The fourth-order valence-corrected chi connectivity index (χ4v) is 3.95. The van der Waals surface area contributed by atoms with Gasteiger partial charge in [0.1, 0.15) is 5.75 Å². The van der Waals surface area contributed by atoms with Crippen molar-refractivity contribution in [2.45, 2.75) is 82.4 Å². The minimum atomic E-state index is -4.31. The fourth-order valence-electron chi connectivity index (χ4n) is 3.44. The van der Waals surface area contributed by atoms with Gasteiger partial charge in [-0.3, -0.25) is 4.55 Å². The molecule has 5 nitrogen and oxygen atoms in total. The van der Waals surface area contributed by atoms with Crippen molar-refractivity contribution in [3.8, 4) is 17.2 Å². The van der Waals surface area contributed by atoms with Crippen LogP contribution in [0.15, 0.2) is 47.4 Å². The number of rotatable bonds is 14. The maximum Gasteiger partial charge on any atom is 0.294 e. The van der Waals surface area contributed by atoms with Crippen molar-refractivity contribution in [2.75, 3.05) is 0 Å². The van der Waals surface area contributed by atoms with Crippen molar-refractivity contribution in [3.63, 3.8) is 0 Å². The van der Waals surface area contributed by atoms with E-state index in [1.807, 2.05) is 6.07 Å². The van der Waals surface area contributed by atoms with E-state index in [1.54, 1.807) is 18.2 Å². The Balaban J connectivity index is 1.79. The van der Waals surface area contributed by atoms with Gasteiger partial charge in [-0.15, -0.1) is 0 Å². The van der Waals surface area contributed by atoms with Gasteiger partial charge in [-0.25, -0.2) is 0 Å². The minimum absolute atomic E-state index is 0.0147. The van der Waals surface area contributed by atoms with Gasteiger partial charge in [0.15, 0.2) is 11.5 Å². The second kappa shape index (κ2) is 12.6. The van der Waals surface area contributed by atoms with Crippen LogP contribution < -0.4 is 4.74 Å². The highest BCUT2D eigenvalue weighted by Gasteiger charge is 2.12. The minimum Gasteiger partial charge on any atom is -0.504 e. The molecule has 2 N–H and O–H groups in total. The Morgan fingerprint density at radius 1 is 0.833 bits per heavy atom. The lowest BCUT2D eigenvalue weighted by atomic mass is 10.0. The summed E-state index contributed by atoms with van der Waals surface area (Å²) in [6.45, 7) is 2.24.